The molecule has 3 unspecified atom stereocenters. The Balaban J connectivity index is 0.00000102. The Morgan fingerprint density at radius 1 is 1.14 bits per heavy atom. The Hall–Kier alpha value is -0.530. The molecule has 0 aromatic carbocycles. The van der Waals surface area contributed by atoms with Gasteiger partial charge in [-0.1, -0.05) is 55.4 Å². The molecule has 0 aliphatic heterocycles. The van der Waals surface area contributed by atoms with Crippen LogP contribution >= 0.6 is 0 Å². The Morgan fingerprint density at radius 3 is 1.95 bits per heavy atom. The number of ether oxygens (including phenoxy) is 1. The summed E-state index contributed by atoms with van der Waals surface area (Å²) >= 11 is 0. The summed E-state index contributed by atoms with van der Waals surface area (Å²) in [5, 5.41) is 0. The first kappa shape index (κ1) is 21.5. The lowest BCUT2D eigenvalue weighted by Crippen LogP contribution is -2.33. The highest BCUT2D eigenvalue weighted by atomic mass is 16.5. The third-order valence-corrected chi connectivity index (χ3v) is 6.29. The second-order valence-corrected chi connectivity index (χ2v) is 7.81. The van der Waals surface area contributed by atoms with Crippen LogP contribution in [0.25, 0.3) is 0 Å². The minimum Gasteiger partial charge on any atom is -0.462 e. The Labute approximate surface area is 139 Å². The summed E-state index contributed by atoms with van der Waals surface area (Å²) in [5.74, 6) is 0.543. The van der Waals surface area contributed by atoms with Crippen LogP contribution in [0, 0.1) is 22.2 Å². The van der Waals surface area contributed by atoms with Gasteiger partial charge in [0.05, 0.1) is 5.41 Å². The number of hydrogen-bond donors (Lipinski definition) is 0. The van der Waals surface area contributed by atoms with Gasteiger partial charge in [0, 0.05) is 5.92 Å². The molecule has 2 nitrogen and oxygen atoms in total. The fourth-order valence-electron chi connectivity index (χ4n) is 3.77. The van der Waals surface area contributed by atoms with Crippen molar-refractivity contribution in [3.63, 3.8) is 0 Å². The van der Waals surface area contributed by atoms with Crippen LogP contribution in [0.15, 0.2) is 0 Å². The summed E-state index contributed by atoms with van der Waals surface area (Å²) in [5.41, 5.74) is 0.333. The molecule has 0 amide bonds. The van der Waals surface area contributed by atoms with Crippen LogP contribution < -0.4 is 0 Å². The minimum absolute atomic E-state index is 0.0121. The quantitative estimate of drug-likeness (QED) is 0.577. The lowest BCUT2D eigenvalue weighted by Gasteiger charge is -2.33. The van der Waals surface area contributed by atoms with Crippen molar-refractivity contribution >= 4 is 5.97 Å². The van der Waals surface area contributed by atoms with Gasteiger partial charge in [-0.05, 0) is 50.4 Å². The molecule has 2 aliphatic carbocycles. The molecule has 0 saturated heterocycles. The first-order chi connectivity index (χ1) is 10.1. The Kier molecular flexibility index (Phi) is 7.65. The largest absolute Gasteiger partial charge is 0.462 e. The predicted octanol–water partition coefficient (Wildman–Crippen LogP) is 6.23. The van der Waals surface area contributed by atoms with E-state index >= 15 is 0 Å². The van der Waals surface area contributed by atoms with Crippen LogP contribution in [-0.2, 0) is 9.53 Å². The van der Waals surface area contributed by atoms with E-state index in [1.54, 1.807) is 0 Å². The molecular formula is C20H40O2. The maximum absolute atomic E-state index is 12.2. The average molecular weight is 313 g/mol. The van der Waals surface area contributed by atoms with E-state index in [0.717, 1.165) is 12.8 Å². The fraction of sp³-hybridized carbons (Fsp3) is 0.950. The maximum atomic E-state index is 12.2. The molecule has 2 rings (SSSR count). The smallest absolute Gasteiger partial charge is 0.311 e. The molecule has 2 bridgehead atoms. The van der Waals surface area contributed by atoms with E-state index in [1.165, 1.54) is 12.8 Å². The van der Waals surface area contributed by atoms with Crippen molar-refractivity contribution < 1.29 is 9.53 Å². The van der Waals surface area contributed by atoms with Gasteiger partial charge in [0.15, 0.2) is 0 Å². The predicted molar refractivity (Wildman–Crippen MR) is 95.9 cm³/mol. The molecule has 2 heteroatoms. The van der Waals surface area contributed by atoms with E-state index in [-0.39, 0.29) is 17.5 Å². The van der Waals surface area contributed by atoms with Crippen molar-refractivity contribution in [3.05, 3.63) is 0 Å². The van der Waals surface area contributed by atoms with E-state index in [1.807, 2.05) is 48.5 Å². The highest BCUT2D eigenvalue weighted by Gasteiger charge is 2.62. The molecule has 22 heavy (non-hydrogen) atoms. The van der Waals surface area contributed by atoms with Crippen molar-refractivity contribution in [1.29, 1.82) is 0 Å². The zero-order chi connectivity index (χ0) is 17.8. The third kappa shape index (κ3) is 3.68. The number of carbonyl (C=O) groups is 1. The van der Waals surface area contributed by atoms with E-state index in [0.29, 0.717) is 16.7 Å². The van der Waals surface area contributed by atoms with Gasteiger partial charge in [-0.25, -0.2) is 0 Å². The molecule has 0 N–H and O–H groups in total. The van der Waals surface area contributed by atoms with Gasteiger partial charge >= 0.3 is 5.97 Å². The molecule has 132 valence electrons. The first-order valence-corrected chi connectivity index (χ1v) is 9.35. The summed E-state index contributed by atoms with van der Waals surface area (Å²) in [7, 11) is 0. The molecule has 0 heterocycles. The van der Waals surface area contributed by atoms with Crippen molar-refractivity contribution in [2.45, 2.75) is 101 Å². The number of rotatable bonds is 3. The van der Waals surface area contributed by atoms with Crippen molar-refractivity contribution in [2.24, 2.45) is 22.2 Å². The monoisotopic (exact) mass is 312 g/mol. The van der Waals surface area contributed by atoms with Gasteiger partial charge < -0.3 is 4.74 Å². The molecule has 0 aromatic heterocycles. The summed E-state index contributed by atoms with van der Waals surface area (Å²) < 4.78 is 5.86. The highest BCUT2D eigenvalue weighted by Crippen LogP contribution is 2.66. The van der Waals surface area contributed by atoms with Crippen LogP contribution in [0.3, 0.4) is 0 Å². The molecule has 2 fully saturated rings. The molecule has 2 saturated carbocycles. The third-order valence-electron chi connectivity index (χ3n) is 6.29. The normalized spacial score (nSPS) is 31.5. The Morgan fingerprint density at radius 2 is 1.64 bits per heavy atom. The first-order valence-electron chi connectivity index (χ1n) is 9.35. The van der Waals surface area contributed by atoms with E-state index in [2.05, 4.69) is 20.8 Å². The van der Waals surface area contributed by atoms with Crippen molar-refractivity contribution in [2.75, 3.05) is 0 Å². The minimum atomic E-state index is -0.340. The van der Waals surface area contributed by atoms with Gasteiger partial charge in [-0.2, -0.15) is 0 Å². The van der Waals surface area contributed by atoms with Gasteiger partial charge in [-0.15, -0.1) is 0 Å². The van der Waals surface area contributed by atoms with Crippen molar-refractivity contribution in [3.8, 4) is 0 Å². The SMILES string of the molecule is CC.CC.CCC(C)(C)C(=O)OC1CC2(C)CCC1C2(C)C. The topological polar surface area (TPSA) is 26.3 Å². The van der Waals surface area contributed by atoms with Gasteiger partial charge in [0.25, 0.3) is 0 Å². The van der Waals surface area contributed by atoms with Crippen LogP contribution in [0.2, 0.25) is 0 Å². The number of fused-ring (bicyclic) bond motifs is 2. The molecule has 0 aromatic rings. The summed E-state index contributed by atoms with van der Waals surface area (Å²) in [6, 6.07) is 0. The van der Waals surface area contributed by atoms with E-state index in [9.17, 15) is 4.79 Å². The lowest BCUT2D eigenvalue weighted by molar-refractivity contribution is -0.163. The molecular weight excluding hydrogens is 272 g/mol. The average Bonchev–Trinajstić information content (AvgIpc) is 2.83. The second kappa shape index (κ2) is 7.84. The maximum Gasteiger partial charge on any atom is 0.311 e. The number of esters is 1. The Bertz CT molecular complexity index is 354. The zero-order valence-corrected chi connectivity index (χ0v) is 16.8. The van der Waals surface area contributed by atoms with Crippen LogP contribution in [0.5, 0.6) is 0 Å². The molecule has 0 spiro atoms. The van der Waals surface area contributed by atoms with Gasteiger partial charge in [0.1, 0.15) is 6.10 Å². The fourth-order valence-corrected chi connectivity index (χ4v) is 3.77. The van der Waals surface area contributed by atoms with Crippen LogP contribution in [0.1, 0.15) is 94.9 Å². The van der Waals surface area contributed by atoms with Crippen LogP contribution in [0.4, 0.5) is 0 Å². The van der Waals surface area contributed by atoms with Crippen LogP contribution in [-0.4, -0.2) is 12.1 Å². The second-order valence-electron chi connectivity index (χ2n) is 7.81. The molecule has 0 radical (unpaired) electrons. The van der Waals surface area contributed by atoms with Crippen molar-refractivity contribution in [1.82, 2.24) is 0 Å². The number of hydrogen-bond acceptors (Lipinski definition) is 2. The molecule has 3 atom stereocenters. The summed E-state index contributed by atoms with van der Waals surface area (Å²) in [4.78, 5) is 12.2. The van der Waals surface area contributed by atoms with Gasteiger partial charge in [-0.3, -0.25) is 4.79 Å². The lowest BCUT2D eigenvalue weighted by atomic mass is 9.71. The summed E-state index contributed by atoms with van der Waals surface area (Å²) in [6.07, 6.45) is 4.54. The van der Waals surface area contributed by atoms with Gasteiger partial charge in [0.2, 0.25) is 0 Å². The summed E-state index contributed by atoms with van der Waals surface area (Å²) in [6.45, 7) is 21.1. The highest BCUT2D eigenvalue weighted by molar-refractivity contribution is 5.76. The van der Waals surface area contributed by atoms with E-state index < -0.39 is 0 Å². The van der Waals surface area contributed by atoms with E-state index in [4.69, 9.17) is 4.74 Å². The standard InChI is InChI=1S/C16H28O2.2C2H6/c1-7-14(2,3)13(17)18-12-10-16(6)9-8-11(12)15(16,4)5;2*1-2/h11-12H,7-10H2,1-6H3;2*1-2H3. The molecule has 2 aliphatic rings. The number of carbonyl (C=O) groups excluding carboxylic acids is 1. The zero-order valence-electron chi connectivity index (χ0n) is 16.8.